The van der Waals surface area contributed by atoms with Crippen molar-refractivity contribution in [3.8, 4) is 0 Å². The fraction of sp³-hybridized carbons (Fsp3) is 0.588. The van der Waals surface area contributed by atoms with Gasteiger partial charge in [0.2, 0.25) is 0 Å². The van der Waals surface area contributed by atoms with Crippen LogP contribution < -0.4 is 0 Å². The van der Waals surface area contributed by atoms with E-state index in [1.807, 2.05) is 0 Å². The second kappa shape index (κ2) is 6.06. The van der Waals surface area contributed by atoms with E-state index < -0.39 is 35.5 Å². The minimum Gasteiger partial charge on any atom is -0.444 e. The second-order valence-electron chi connectivity index (χ2n) is 7.01. The molecule has 0 aromatic heterocycles. The van der Waals surface area contributed by atoms with Crippen molar-refractivity contribution >= 4 is 6.09 Å². The van der Waals surface area contributed by atoms with Crippen LogP contribution >= 0.6 is 0 Å². The molecule has 1 aromatic rings. The summed E-state index contributed by atoms with van der Waals surface area (Å²) in [6.45, 7) is 5.83. The Morgan fingerprint density at radius 2 is 1.87 bits per heavy atom. The molecule has 2 rings (SSSR count). The second-order valence-corrected chi connectivity index (χ2v) is 7.01. The number of carbonyl (C=O) groups excluding carboxylic acids is 1. The Morgan fingerprint density at radius 1 is 1.22 bits per heavy atom. The monoisotopic (exact) mass is 329 g/mol. The highest BCUT2D eigenvalue weighted by molar-refractivity contribution is 5.70. The van der Waals surface area contributed by atoms with Crippen LogP contribution in [0.15, 0.2) is 24.3 Å². The number of alkyl halides is 2. The zero-order valence-electron chi connectivity index (χ0n) is 13.8. The number of hydrogen-bond donors (Lipinski definition) is 0. The minimum absolute atomic E-state index is 0.143. The number of carbonyl (C=O) groups is 1. The summed E-state index contributed by atoms with van der Waals surface area (Å²) in [7, 11) is 0. The highest BCUT2D eigenvalue weighted by Gasteiger charge is 2.49. The van der Waals surface area contributed by atoms with Gasteiger partial charge >= 0.3 is 6.09 Å². The number of nitrogens with zero attached hydrogens (tertiary/aromatic N) is 1. The first-order chi connectivity index (χ1) is 10.5. The maximum absolute atomic E-state index is 13.9. The topological polar surface area (TPSA) is 29.5 Å². The van der Waals surface area contributed by atoms with Gasteiger partial charge in [-0.15, -0.1) is 0 Å². The molecule has 0 saturated carbocycles. The third-order valence-corrected chi connectivity index (χ3v) is 3.81. The number of likely N-dealkylation sites (tertiary alicyclic amines) is 1. The van der Waals surface area contributed by atoms with Crippen molar-refractivity contribution in [3.63, 3.8) is 0 Å². The predicted octanol–water partition coefficient (Wildman–Crippen LogP) is 4.92. The third kappa shape index (κ3) is 4.18. The Morgan fingerprint density at radius 3 is 2.39 bits per heavy atom. The molecule has 0 radical (unpaired) electrons. The van der Waals surface area contributed by atoms with Gasteiger partial charge in [-0.2, -0.15) is 0 Å². The molecule has 0 spiro atoms. The first-order valence-electron chi connectivity index (χ1n) is 7.63. The van der Waals surface area contributed by atoms with E-state index in [1.54, 1.807) is 26.8 Å². The maximum atomic E-state index is 13.9. The van der Waals surface area contributed by atoms with E-state index in [1.165, 1.54) is 18.2 Å². The van der Waals surface area contributed by atoms with Crippen LogP contribution in [0, 0.1) is 5.82 Å². The largest absolute Gasteiger partial charge is 0.444 e. The van der Waals surface area contributed by atoms with Crippen molar-refractivity contribution in [2.75, 3.05) is 0 Å². The molecule has 0 bridgehead atoms. The molecular weight excluding hydrogens is 307 g/mol. The third-order valence-electron chi connectivity index (χ3n) is 3.81. The normalized spacial score (nSPS) is 22.3. The van der Waals surface area contributed by atoms with Gasteiger partial charge in [0, 0.05) is 6.92 Å². The lowest BCUT2D eigenvalue weighted by atomic mass is 10.0. The number of rotatable bonds is 2. The number of benzene rings is 1. The predicted molar refractivity (Wildman–Crippen MR) is 80.9 cm³/mol. The van der Waals surface area contributed by atoms with E-state index in [0.717, 1.165) is 11.8 Å². The van der Waals surface area contributed by atoms with Crippen LogP contribution in [-0.4, -0.2) is 28.6 Å². The highest BCUT2D eigenvalue weighted by atomic mass is 19.3. The van der Waals surface area contributed by atoms with Crippen molar-refractivity contribution in [2.24, 2.45) is 0 Å². The molecule has 1 aliphatic rings. The van der Waals surface area contributed by atoms with Gasteiger partial charge in [-0.3, -0.25) is 4.90 Å². The van der Waals surface area contributed by atoms with Crippen molar-refractivity contribution in [3.05, 3.63) is 35.6 Å². The Labute approximate surface area is 134 Å². The van der Waals surface area contributed by atoms with Crippen LogP contribution in [0.5, 0.6) is 0 Å². The van der Waals surface area contributed by atoms with Crippen molar-refractivity contribution in [2.45, 2.75) is 64.1 Å². The molecule has 3 nitrogen and oxygen atoms in total. The first-order valence-corrected chi connectivity index (χ1v) is 7.63. The molecule has 1 saturated heterocycles. The van der Waals surface area contributed by atoms with E-state index in [-0.39, 0.29) is 6.42 Å². The summed E-state index contributed by atoms with van der Waals surface area (Å²) in [5.74, 6) is -3.52. The van der Waals surface area contributed by atoms with Gasteiger partial charge < -0.3 is 4.74 Å². The zero-order chi connectivity index (χ0) is 17.4. The van der Waals surface area contributed by atoms with Gasteiger partial charge in [0.15, 0.2) is 0 Å². The summed E-state index contributed by atoms with van der Waals surface area (Å²) in [4.78, 5) is 13.5. The van der Waals surface area contributed by atoms with Gasteiger partial charge in [-0.05, 0) is 51.3 Å². The van der Waals surface area contributed by atoms with Crippen LogP contribution in [0.2, 0.25) is 0 Å². The molecule has 0 unspecified atom stereocenters. The van der Waals surface area contributed by atoms with Gasteiger partial charge in [-0.1, -0.05) is 12.1 Å². The lowest BCUT2D eigenvalue weighted by Gasteiger charge is -2.35. The van der Waals surface area contributed by atoms with Gasteiger partial charge in [0.05, 0.1) is 12.1 Å². The van der Waals surface area contributed by atoms with Gasteiger partial charge in [-0.25, -0.2) is 18.0 Å². The summed E-state index contributed by atoms with van der Waals surface area (Å²) in [5, 5.41) is 0. The van der Waals surface area contributed by atoms with Gasteiger partial charge in [0.25, 0.3) is 5.92 Å². The number of hydrogen-bond acceptors (Lipinski definition) is 2. The fourth-order valence-corrected chi connectivity index (χ4v) is 2.92. The Kier molecular flexibility index (Phi) is 4.64. The minimum atomic E-state index is -3.06. The Hall–Kier alpha value is -1.72. The average molecular weight is 329 g/mol. The van der Waals surface area contributed by atoms with Crippen molar-refractivity contribution in [1.29, 1.82) is 0 Å². The molecule has 1 aliphatic heterocycles. The summed E-state index contributed by atoms with van der Waals surface area (Å²) < 4.78 is 46.6. The summed E-state index contributed by atoms with van der Waals surface area (Å²) >= 11 is 0. The fourth-order valence-electron chi connectivity index (χ4n) is 2.92. The molecule has 2 atom stereocenters. The number of amides is 1. The molecule has 0 N–H and O–H groups in total. The summed E-state index contributed by atoms with van der Waals surface area (Å²) in [5.41, 5.74) is -0.290. The smallest absolute Gasteiger partial charge is 0.411 e. The standard InChI is InChI=1S/C17H22F3NO2/c1-16(2,3)23-15(22)21-13(8-9-14(21)17(4,19)20)11-6-5-7-12(18)10-11/h5-7,10,13-14H,8-9H2,1-4H3/t13-,14+/m0/s1. The zero-order valence-corrected chi connectivity index (χ0v) is 13.8. The van der Waals surface area contributed by atoms with E-state index in [4.69, 9.17) is 4.74 Å². The van der Waals surface area contributed by atoms with Crippen LogP contribution in [0.1, 0.15) is 52.1 Å². The first kappa shape index (κ1) is 17.6. The molecule has 6 heteroatoms. The molecule has 1 amide bonds. The van der Waals surface area contributed by atoms with E-state index >= 15 is 0 Å². The summed E-state index contributed by atoms with van der Waals surface area (Å²) in [6, 6.07) is 3.83. The summed E-state index contributed by atoms with van der Waals surface area (Å²) in [6.07, 6.45) is -0.309. The Balaban J connectivity index is 2.36. The number of ether oxygens (including phenoxy) is 1. The van der Waals surface area contributed by atoms with Crippen molar-refractivity contribution < 1.29 is 22.7 Å². The lowest BCUT2D eigenvalue weighted by Crippen LogP contribution is -2.48. The molecule has 128 valence electrons. The molecule has 1 heterocycles. The molecule has 23 heavy (non-hydrogen) atoms. The Bertz CT molecular complexity index is 578. The lowest BCUT2D eigenvalue weighted by molar-refractivity contribution is -0.0661. The highest BCUT2D eigenvalue weighted by Crippen LogP contribution is 2.42. The number of halogens is 3. The average Bonchev–Trinajstić information content (AvgIpc) is 2.81. The molecule has 0 aliphatic carbocycles. The maximum Gasteiger partial charge on any atom is 0.411 e. The van der Waals surface area contributed by atoms with Gasteiger partial charge in [0.1, 0.15) is 11.4 Å². The SMILES string of the molecule is CC(C)(C)OC(=O)N1[C@H](c2cccc(F)c2)CC[C@@H]1C(C)(F)F. The van der Waals surface area contributed by atoms with Crippen LogP contribution in [0.4, 0.5) is 18.0 Å². The molecule has 1 fully saturated rings. The van der Waals surface area contributed by atoms with E-state index in [0.29, 0.717) is 12.0 Å². The van der Waals surface area contributed by atoms with Crippen molar-refractivity contribution in [1.82, 2.24) is 4.90 Å². The quantitative estimate of drug-likeness (QED) is 0.770. The van der Waals surface area contributed by atoms with Crippen LogP contribution in [-0.2, 0) is 4.74 Å². The van der Waals surface area contributed by atoms with Crippen LogP contribution in [0.25, 0.3) is 0 Å². The van der Waals surface area contributed by atoms with E-state index in [9.17, 15) is 18.0 Å². The van der Waals surface area contributed by atoms with Crippen LogP contribution in [0.3, 0.4) is 0 Å². The molecular formula is C17H22F3NO2. The van der Waals surface area contributed by atoms with E-state index in [2.05, 4.69) is 0 Å². The molecule has 1 aromatic carbocycles.